The van der Waals surface area contributed by atoms with E-state index < -0.39 is 68.2 Å². The first-order chi connectivity index (χ1) is 21.4. The zero-order valence-corrected chi connectivity index (χ0v) is 26.4. The van der Waals surface area contributed by atoms with Crippen LogP contribution < -0.4 is 11.5 Å². The summed E-state index contributed by atoms with van der Waals surface area (Å²) in [7, 11) is 0. The molecule has 2 unspecified atom stereocenters. The monoisotopic (exact) mass is 699 g/mol. The zero-order chi connectivity index (χ0) is 31.5. The maximum atomic E-state index is 11.6. The first-order valence-electron chi connectivity index (χ1n) is 13.7. The van der Waals surface area contributed by atoms with E-state index in [9.17, 15) is 20.0 Å². The molecular formula is C23H27N9O9P2S2. The SMILES string of the molecule is Nc1ncnc2c1ncn2[C@H]1[C@H](O)[C@@H]2OP(O)(=S)OC[C@H]3O[C@@H](n4cnc5c(N)ccnc54)[C@H](OP(O)(=S)OC[C@@]24C[C@H]14)[C@@H]3O. The van der Waals surface area contributed by atoms with E-state index in [1.165, 1.54) is 29.7 Å². The van der Waals surface area contributed by atoms with Crippen LogP contribution in [0.3, 0.4) is 0 Å². The highest BCUT2D eigenvalue weighted by Crippen LogP contribution is 2.72. The molecule has 0 aromatic carbocycles. The van der Waals surface area contributed by atoms with Gasteiger partial charge in [-0.2, -0.15) is 0 Å². The molecule has 8 N–H and O–H groups in total. The highest BCUT2D eigenvalue weighted by Gasteiger charge is 2.73. The van der Waals surface area contributed by atoms with E-state index >= 15 is 0 Å². The number of rotatable bonds is 2. The highest BCUT2D eigenvalue weighted by atomic mass is 32.5. The van der Waals surface area contributed by atoms with Gasteiger partial charge < -0.3 is 54.3 Å². The number of hydrogen-bond acceptors (Lipinski definition) is 16. The number of aliphatic hydroxyl groups is 2. The number of hydrogen-bond donors (Lipinski definition) is 6. The lowest BCUT2D eigenvalue weighted by Gasteiger charge is -2.32. The molecule has 4 aromatic heterocycles. The summed E-state index contributed by atoms with van der Waals surface area (Å²) in [4.78, 5) is 43.7. The van der Waals surface area contributed by atoms with Crippen molar-refractivity contribution in [1.82, 2.24) is 34.1 Å². The summed E-state index contributed by atoms with van der Waals surface area (Å²) in [6.07, 6.45) is -1.13. The van der Waals surface area contributed by atoms with Crippen LogP contribution in [0.4, 0.5) is 11.5 Å². The van der Waals surface area contributed by atoms with Gasteiger partial charge in [0, 0.05) is 11.6 Å². The normalized spacial score (nSPS) is 41.7. The number of ether oxygens (including phenoxy) is 1. The van der Waals surface area contributed by atoms with Crippen LogP contribution in [0, 0.1) is 11.3 Å². The third-order valence-electron chi connectivity index (χ3n) is 9.00. The zero-order valence-electron chi connectivity index (χ0n) is 23.0. The number of anilines is 2. The van der Waals surface area contributed by atoms with Crippen molar-refractivity contribution in [1.29, 1.82) is 0 Å². The molecule has 2 aliphatic heterocycles. The third-order valence-corrected chi connectivity index (χ3v) is 12.1. The molecule has 2 saturated heterocycles. The fourth-order valence-electron chi connectivity index (χ4n) is 6.82. The van der Waals surface area contributed by atoms with Crippen molar-refractivity contribution in [3.05, 3.63) is 31.2 Å². The molecule has 22 heteroatoms. The Kier molecular flexibility index (Phi) is 6.92. The summed E-state index contributed by atoms with van der Waals surface area (Å²) in [6, 6.07) is 0.946. The van der Waals surface area contributed by atoms with Gasteiger partial charge in [-0.3, -0.25) is 9.09 Å². The molecule has 45 heavy (non-hydrogen) atoms. The van der Waals surface area contributed by atoms with Crippen molar-refractivity contribution < 1.29 is 42.8 Å². The van der Waals surface area contributed by atoms with Gasteiger partial charge in [0.25, 0.3) is 0 Å². The lowest BCUT2D eigenvalue weighted by molar-refractivity contribution is -0.0592. The van der Waals surface area contributed by atoms with Gasteiger partial charge in [0.05, 0.1) is 37.6 Å². The Morgan fingerprint density at radius 2 is 1.64 bits per heavy atom. The van der Waals surface area contributed by atoms with Crippen molar-refractivity contribution in [3.8, 4) is 0 Å². The summed E-state index contributed by atoms with van der Waals surface area (Å²) in [5, 5.41) is 22.9. The Morgan fingerprint density at radius 1 is 0.911 bits per heavy atom. The molecule has 2 aliphatic carbocycles. The molecule has 2 bridgehead atoms. The molecule has 0 radical (unpaired) electrons. The largest absolute Gasteiger partial charge is 0.397 e. The second-order valence-corrected chi connectivity index (χ2v) is 17.1. The highest BCUT2D eigenvalue weighted by molar-refractivity contribution is 8.07. The number of imidazole rings is 2. The first kappa shape index (κ1) is 30.1. The van der Waals surface area contributed by atoms with Gasteiger partial charge in [0.1, 0.15) is 47.9 Å². The van der Waals surface area contributed by atoms with Crippen molar-refractivity contribution >= 4 is 70.9 Å². The average molecular weight is 700 g/mol. The minimum atomic E-state index is -4.09. The van der Waals surface area contributed by atoms with Crippen LogP contribution in [0.1, 0.15) is 18.7 Å². The van der Waals surface area contributed by atoms with Crippen LogP contribution in [0.25, 0.3) is 22.3 Å². The van der Waals surface area contributed by atoms with Crippen molar-refractivity contribution in [2.75, 3.05) is 24.7 Å². The Labute approximate surface area is 263 Å². The number of pyridine rings is 1. The molecule has 4 fully saturated rings. The molecule has 0 amide bonds. The van der Waals surface area contributed by atoms with Gasteiger partial charge in [-0.1, -0.05) is 0 Å². The quantitative estimate of drug-likeness (QED) is 0.149. The van der Waals surface area contributed by atoms with Crippen LogP contribution in [-0.2, 0) is 46.4 Å². The summed E-state index contributed by atoms with van der Waals surface area (Å²) in [5.41, 5.74) is 12.9. The average Bonchev–Trinajstić information content (AvgIpc) is 3.28. The molecule has 11 atom stereocenters. The summed E-state index contributed by atoms with van der Waals surface area (Å²) >= 11 is 10.8. The Balaban J connectivity index is 1.14. The van der Waals surface area contributed by atoms with E-state index in [2.05, 4.69) is 24.9 Å². The number of nitrogens with two attached hydrogens (primary N) is 2. The smallest absolute Gasteiger partial charge is 0.325 e. The predicted octanol–water partition coefficient (Wildman–Crippen LogP) is -0.133. The topological polar surface area (TPSA) is 253 Å². The number of nitrogens with zero attached hydrogens (tertiary/aromatic N) is 7. The second-order valence-electron chi connectivity index (χ2n) is 11.5. The molecule has 240 valence electrons. The van der Waals surface area contributed by atoms with Gasteiger partial charge in [-0.25, -0.2) is 24.9 Å². The van der Waals surface area contributed by atoms with Crippen molar-refractivity contribution in [2.24, 2.45) is 11.3 Å². The van der Waals surface area contributed by atoms with E-state index in [0.717, 1.165) is 0 Å². The van der Waals surface area contributed by atoms with Crippen LogP contribution >= 0.6 is 13.4 Å². The maximum Gasteiger partial charge on any atom is 0.325 e. The summed E-state index contributed by atoms with van der Waals surface area (Å²) in [5.74, 6) is -0.121. The van der Waals surface area contributed by atoms with E-state index in [1.807, 2.05) is 0 Å². The number of fused-ring (bicyclic) bond motifs is 4. The Morgan fingerprint density at radius 3 is 2.47 bits per heavy atom. The fraction of sp³-hybridized carbons (Fsp3) is 0.522. The van der Waals surface area contributed by atoms with E-state index in [4.69, 9.17) is 57.9 Å². The Hall–Kier alpha value is -2.29. The lowest BCUT2D eigenvalue weighted by atomic mass is 10.0. The van der Waals surface area contributed by atoms with Gasteiger partial charge in [-0.15, -0.1) is 0 Å². The lowest BCUT2D eigenvalue weighted by Crippen LogP contribution is -2.38. The first-order valence-corrected chi connectivity index (χ1v) is 18.9. The Bertz CT molecular complexity index is 1930. The molecule has 4 aromatic rings. The number of aromatic nitrogens is 7. The van der Waals surface area contributed by atoms with Gasteiger partial charge in [0.15, 0.2) is 23.3 Å². The van der Waals surface area contributed by atoms with Crippen LogP contribution in [0.5, 0.6) is 0 Å². The summed E-state index contributed by atoms with van der Waals surface area (Å²) in [6.45, 7) is -8.80. The minimum Gasteiger partial charge on any atom is -0.397 e. The van der Waals surface area contributed by atoms with Gasteiger partial charge in [-0.05, 0) is 42.0 Å². The molecule has 4 aliphatic rings. The molecular weight excluding hydrogens is 672 g/mol. The second kappa shape index (κ2) is 10.4. The van der Waals surface area contributed by atoms with Crippen LogP contribution in [-0.4, -0.2) is 97.8 Å². The standard InChI is InChI=1S/C23H27N9O9P2S2/c24-10-1-2-26-20-12(10)29-8-32(20)22-17-15(33)11(39-22)4-37-42(35,44)41-18-16(34)14(9-3-23(9,18)5-38-43(36,45)40-17)31-7-30-13-19(25)27-6-28-21(13)31/h1-2,6-9,11,14-18,22,33-34H,3-5H2,(H2,24,26)(H,35,44)(H,36,45)(H2,25,27,28)/t9-,11-,14-,15-,16+,17-,18+,22-,23-,42?,43?/m1/s1. The third kappa shape index (κ3) is 4.75. The maximum absolute atomic E-state index is 11.6. The van der Waals surface area contributed by atoms with Crippen LogP contribution in [0.2, 0.25) is 0 Å². The minimum absolute atomic E-state index is 0.177. The van der Waals surface area contributed by atoms with Gasteiger partial charge >= 0.3 is 13.4 Å². The van der Waals surface area contributed by atoms with E-state index in [-0.39, 0.29) is 18.3 Å². The number of nitrogen functional groups attached to an aromatic ring is 2. The van der Waals surface area contributed by atoms with E-state index in [1.54, 1.807) is 10.6 Å². The predicted molar refractivity (Wildman–Crippen MR) is 162 cm³/mol. The fourth-order valence-corrected chi connectivity index (χ4v) is 9.75. The van der Waals surface area contributed by atoms with Crippen molar-refractivity contribution in [3.63, 3.8) is 0 Å². The molecule has 2 saturated carbocycles. The van der Waals surface area contributed by atoms with Crippen LogP contribution in [0.15, 0.2) is 31.2 Å². The molecule has 18 nitrogen and oxygen atoms in total. The summed E-state index contributed by atoms with van der Waals surface area (Å²) < 4.78 is 32.7. The van der Waals surface area contributed by atoms with E-state index in [0.29, 0.717) is 34.4 Å². The molecule has 8 rings (SSSR count). The van der Waals surface area contributed by atoms with Crippen molar-refractivity contribution in [2.45, 2.75) is 49.2 Å². The van der Waals surface area contributed by atoms with Gasteiger partial charge in [0.2, 0.25) is 0 Å². The molecule has 6 heterocycles. The number of aliphatic hydroxyl groups excluding tert-OH is 2. The molecule has 1 spiro atoms.